The molecule has 2 rings (SSSR count). The van der Waals surface area contributed by atoms with Crippen molar-refractivity contribution < 1.29 is 22.3 Å². The summed E-state index contributed by atoms with van der Waals surface area (Å²) in [6.07, 6.45) is 0.627. The molecule has 0 spiro atoms. The highest BCUT2D eigenvalue weighted by Gasteiger charge is 2.33. The number of halogens is 4. The number of aromatic nitrogens is 1. The lowest BCUT2D eigenvalue weighted by Gasteiger charge is -2.16. The van der Waals surface area contributed by atoms with E-state index < -0.39 is 29.2 Å². The van der Waals surface area contributed by atoms with Crippen molar-refractivity contribution in [3.05, 3.63) is 57.3 Å². The van der Waals surface area contributed by atoms with E-state index >= 15 is 0 Å². The molecular formula is C18H12F4N2O2. The van der Waals surface area contributed by atoms with Crippen molar-refractivity contribution in [3.63, 3.8) is 0 Å². The summed E-state index contributed by atoms with van der Waals surface area (Å²) in [5, 5.41) is 9.07. The largest absolute Gasteiger partial charge is 0.477 e. The SMILES string of the molecule is C#CC(C)Oc1cc(-n2cc(C)c(C(F)(F)F)cc2=O)c(F)cc1C#N. The fourth-order valence-corrected chi connectivity index (χ4v) is 2.26. The molecule has 1 aromatic carbocycles. The lowest BCUT2D eigenvalue weighted by atomic mass is 10.1. The molecule has 1 atom stereocenters. The third kappa shape index (κ3) is 3.70. The van der Waals surface area contributed by atoms with Gasteiger partial charge in [0.2, 0.25) is 0 Å². The molecule has 134 valence electrons. The normalized spacial score (nSPS) is 12.2. The molecule has 0 amide bonds. The number of benzene rings is 1. The first-order chi connectivity index (χ1) is 12.1. The second-order valence-corrected chi connectivity index (χ2v) is 5.41. The smallest absolute Gasteiger partial charge is 0.416 e. The van der Waals surface area contributed by atoms with Gasteiger partial charge in [-0.25, -0.2) is 4.39 Å². The predicted octanol–water partition coefficient (Wildman–Crippen LogP) is 3.58. The maximum atomic E-state index is 14.3. The third-order valence-electron chi connectivity index (χ3n) is 3.53. The van der Waals surface area contributed by atoms with Crippen LogP contribution in [0.5, 0.6) is 5.75 Å². The second-order valence-electron chi connectivity index (χ2n) is 5.41. The third-order valence-corrected chi connectivity index (χ3v) is 3.53. The number of terminal acetylenes is 1. The van der Waals surface area contributed by atoms with Crippen LogP contribution in [-0.4, -0.2) is 10.7 Å². The molecule has 0 aliphatic carbocycles. The Labute approximate surface area is 146 Å². The van der Waals surface area contributed by atoms with Crippen LogP contribution in [0.4, 0.5) is 17.6 Å². The fraction of sp³-hybridized carbons (Fsp3) is 0.222. The molecule has 0 saturated carbocycles. The van der Waals surface area contributed by atoms with Crippen molar-refractivity contribution >= 4 is 0 Å². The van der Waals surface area contributed by atoms with Crippen molar-refractivity contribution in [2.45, 2.75) is 26.1 Å². The summed E-state index contributed by atoms with van der Waals surface area (Å²) >= 11 is 0. The molecule has 0 aliphatic heterocycles. The molecule has 26 heavy (non-hydrogen) atoms. The van der Waals surface area contributed by atoms with E-state index in [9.17, 15) is 22.4 Å². The van der Waals surface area contributed by atoms with Crippen molar-refractivity contribution in [2.24, 2.45) is 0 Å². The van der Waals surface area contributed by atoms with E-state index in [1.807, 2.05) is 0 Å². The highest BCUT2D eigenvalue weighted by molar-refractivity contribution is 5.52. The summed E-state index contributed by atoms with van der Waals surface area (Å²) in [6, 6.07) is 3.99. The van der Waals surface area contributed by atoms with Crippen LogP contribution in [0.1, 0.15) is 23.6 Å². The topological polar surface area (TPSA) is 55.0 Å². The Bertz CT molecular complexity index is 994. The van der Waals surface area contributed by atoms with Crippen LogP contribution in [0.15, 0.2) is 29.2 Å². The lowest BCUT2D eigenvalue weighted by Crippen LogP contribution is -2.23. The number of rotatable bonds is 3. The molecular weight excluding hydrogens is 352 g/mol. The molecule has 1 unspecified atom stereocenters. The number of nitrogens with zero attached hydrogens (tertiary/aromatic N) is 2. The highest BCUT2D eigenvalue weighted by atomic mass is 19.4. The predicted molar refractivity (Wildman–Crippen MR) is 85.4 cm³/mol. The molecule has 4 nitrogen and oxygen atoms in total. The summed E-state index contributed by atoms with van der Waals surface area (Å²) in [5.74, 6) is 1.21. The monoisotopic (exact) mass is 364 g/mol. The van der Waals surface area contributed by atoms with E-state index in [0.717, 1.165) is 25.3 Å². The molecule has 0 N–H and O–H groups in total. The minimum absolute atomic E-state index is 0.0844. The number of hydrogen-bond acceptors (Lipinski definition) is 3. The van der Waals surface area contributed by atoms with Gasteiger partial charge in [0.1, 0.15) is 17.6 Å². The Morgan fingerprint density at radius 3 is 2.50 bits per heavy atom. The molecule has 1 heterocycles. The molecule has 0 aliphatic rings. The summed E-state index contributed by atoms with van der Waals surface area (Å²) in [4.78, 5) is 12.1. The van der Waals surface area contributed by atoms with Gasteiger partial charge in [0.05, 0.1) is 16.8 Å². The number of alkyl halides is 3. The molecule has 0 radical (unpaired) electrons. The van der Waals surface area contributed by atoms with Crippen molar-refractivity contribution in [3.8, 4) is 29.8 Å². The van der Waals surface area contributed by atoms with Crippen LogP contribution >= 0.6 is 0 Å². The zero-order valence-corrected chi connectivity index (χ0v) is 13.7. The maximum Gasteiger partial charge on any atom is 0.416 e. The van der Waals surface area contributed by atoms with Crippen molar-refractivity contribution in [1.29, 1.82) is 5.26 Å². The quantitative estimate of drug-likeness (QED) is 0.618. The zero-order valence-electron chi connectivity index (χ0n) is 13.7. The first-order valence-corrected chi connectivity index (χ1v) is 7.25. The standard InChI is InChI=1S/C18H12F4N2O2/c1-4-11(3)26-16-7-15(14(19)5-12(16)8-23)24-9-10(2)13(6-17(24)25)18(20,21)22/h1,5-7,9,11H,2-3H3. The fourth-order valence-electron chi connectivity index (χ4n) is 2.26. The number of pyridine rings is 1. The van der Waals surface area contributed by atoms with Crippen LogP contribution < -0.4 is 10.3 Å². The Hall–Kier alpha value is -3.26. The molecule has 0 saturated heterocycles. The summed E-state index contributed by atoms with van der Waals surface area (Å²) in [6.45, 7) is 2.66. The maximum absolute atomic E-state index is 14.3. The van der Waals surface area contributed by atoms with E-state index in [-0.39, 0.29) is 22.6 Å². The van der Waals surface area contributed by atoms with Crippen LogP contribution in [0.25, 0.3) is 5.69 Å². The lowest BCUT2D eigenvalue weighted by molar-refractivity contribution is -0.138. The highest BCUT2D eigenvalue weighted by Crippen LogP contribution is 2.31. The van der Waals surface area contributed by atoms with Gasteiger partial charge in [-0.15, -0.1) is 6.42 Å². The first-order valence-electron chi connectivity index (χ1n) is 7.25. The van der Waals surface area contributed by atoms with Crippen LogP contribution in [0, 0.1) is 36.4 Å². The molecule has 1 aromatic heterocycles. The number of nitriles is 1. The summed E-state index contributed by atoms with van der Waals surface area (Å²) in [5.41, 5.74) is -2.97. The van der Waals surface area contributed by atoms with Crippen LogP contribution in [0.2, 0.25) is 0 Å². The van der Waals surface area contributed by atoms with E-state index in [1.54, 1.807) is 6.07 Å². The van der Waals surface area contributed by atoms with Gasteiger partial charge in [0, 0.05) is 18.3 Å². The van der Waals surface area contributed by atoms with Crippen LogP contribution in [-0.2, 0) is 6.18 Å². The van der Waals surface area contributed by atoms with Gasteiger partial charge in [-0.05, 0) is 25.5 Å². The van der Waals surface area contributed by atoms with Crippen LogP contribution in [0.3, 0.4) is 0 Å². The van der Waals surface area contributed by atoms with E-state index in [1.165, 1.54) is 6.92 Å². The van der Waals surface area contributed by atoms with E-state index in [4.69, 9.17) is 16.4 Å². The average molecular weight is 364 g/mol. The van der Waals surface area contributed by atoms with Crippen molar-refractivity contribution in [1.82, 2.24) is 4.57 Å². The Morgan fingerprint density at radius 2 is 1.96 bits per heavy atom. The van der Waals surface area contributed by atoms with Gasteiger partial charge >= 0.3 is 6.18 Å². The van der Waals surface area contributed by atoms with Gasteiger partial charge < -0.3 is 4.74 Å². The Morgan fingerprint density at radius 1 is 1.31 bits per heavy atom. The number of aryl methyl sites for hydroxylation is 1. The molecule has 0 bridgehead atoms. The molecule has 0 fully saturated rings. The Kier molecular flexibility index (Phi) is 5.08. The van der Waals surface area contributed by atoms with Crippen molar-refractivity contribution in [2.75, 3.05) is 0 Å². The zero-order chi connectivity index (χ0) is 19.6. The minimum atomic E-state index is -4.71. The second kappa shape index (κ2) is 6.93. The van der Waals surface area contributed by atoms with Gasteiger partial charge in [0.25, 0.3) is 5.56 Å². The van der Waals surface area contributed by atoms with Gasteiger partial charge in [-0.1, -0.05) is 5.92 Å². The van der Waals surface area contributed by atoms with E-state index in [2.05, 4.69) is 5.92 Å². The minimum Gasteiger partial charge on any atom is -0.477 e. The number of ether oxygens (including phenoxy) is 1. The Balaban J connectivity index is 2.68. The average Bonchev–Trinajstić information content (AvgIpc) is 2.56. The molecule has 2 aromatic rings. The van der Waals surface area contributed by atoms with Gasteiger partial charge in [-0.2, -0.15) is 18.4 Å². The van der Waals surface area contributed by atoms with E-state index in [0.29, 0.717) is 10.6 Å². The van der Waals surface area contributed by atoms with Gasteiger partial charge in [-0.3, -0.25) is 9.36 Å². The first kappa shape index (κ1) is 19.1. The molecule has 8 heteroatoms. The summed E-state index contributed by atoms with van der Waals surface area (Å²) < 4.78 is 59.1. The van der Waals surface area contributed by atoms with Gasteiger partial charge in [0.15, 0.2) is 6.10 Å². The summed E-state index contributed by atoms with van der Waals surface area (Å²) in [7, 11) is 0. The number of hydrogen-bond donors (Lipinski definition) is 0.